The largest absolute Gasteiger partial charge is 0.489 e. The molecule has 3 N–H and O–H groups in total. The highest BCUT2D eigenvalue weighted by Crippen LogP contribution is 2.38. The number of fused-ring (bicyclic) bond motifs is 3. The van der Waals surface area contributed by atoms with Gasteiger partial charge >= 0.3 is 0 Å². The van der Waals surface area contributed by atoms with E-state index in [0.29, 0.717) is 149 Å². The summed E-state index contributed by atoms with van der Waals surface area (Å²) in [4.78, 5) is 122. The van der Waals surface area contributed by atoms with Gasteiger partial charge in [0.1, 0.15) is 75.0 Å². The minimum absolute atomic E-state index is 0.0111. The standard InChI is InChI=1S/3C26H27N3O5/c3*1-17-5-10-22(25(31)27-17)29-14-21-20(26(29)32)3-2-4-23(21)34-15-19-8-6-18(7-9-19)13-28-11-12-33-16-24(28)30/h3*2-4,6-9,22H,1,5,10-16H2,(H,27,31)/i6D,9D,13D;6D,8D,13D;6D,8D,9D. The van der Waals surface area contributed by atoms with Gasteiger partial charge in [0.25, 0.3) is 17.7 Å². The first-order valence-corrected chi connectivity index (χ1v) is 33.6. The van der Waals surface area contributed by atoms with Gasteiger partial charge in [0.15, 0.2) is 0 Å². The molecule has 0 aliphatic carbocycles. The topological polar surface area (TPSA) is 265 Å². The summed E-state index contributed by atoms with van der Waals surface area (Å²) in [6, 6.07) is 21.0. The fourth-order valence-corrected chi connectivity index (χ4v) is 13.1. The van der Waals surface area contributed by atoms with E-state index in [-0.39, 0.29) is 191 Å². The van der Waals surface area contributed by atoms with E-state index < -0.39 is 31.2 Å². The number of morpholine rings is 3. The van der Waals surface area contributed by atoms with Crippen LogP contribution in [-0.4, -0.2) is 160 Å². The smallest absolute Gasteiger partial charge is 0.255 e. The lowest BCUT2D eigenvalue weighted by molar-refractivity contribution is -0.144. The Morgan fingerprint density at radius 2 is 0.745 bits per heavy atom. The van der Waals surface area contributed by atoms with Crippen LogP contribution >= 0.6 is 0 Å². The van der Waals surface area contributed by atoms with E-state index in [1.807, 2.05) is 0 Å². The predicted octanol–water partition coefficient (Wildman–Crippen LogP) is 7.12. The van der Waals surface area contributed by atoms with Crippen molar-refractivity contribution in [3.8, 4) is 17.2 Å². The number of nitrogens with zero attached hydrogens (tertiary/aromatic N) is 6. The monoisotopic (exact) mass is 1390 g/mol. The Morgan fingerprint density at radius 1 is 0.412 bits per heavy atom. The number of allylic oxidation sites excluding steroid dienone is 3. The Hall–Kier alpha value is -11.0. The zero-order valence-electron chi connectivity index (χ0n) is 65.0. The normalized spacial score (nSPS) is 22.3. The third kappa shape index (κ3) is 15.9. The maximum absolute atomic E-state index is 13.1. The maximum Gasteiger partial charge on any atom is 0.255 e. The molecule has 102 heavy (non-hydrogen) atoms. The Labute approximate surface area is 603 Å². The SMILES string of the molecule is [2H]c1c(COc2cccc3c2CN(C2CCC(=C)NC2=O)C3=O)ccc(C([2H])N2CCOCC2=O)c1[2H].[2H]c1cc(C([2H])N2CCOCC2=O)c([2H])cc1COc1cccc2c1CN(C1CCC(=C)NC1=O)C2=O.[2H]c1cc(CN2CCOCC2=O)c([2H])c([2H])c1COc1cccc2c1CN(C1CCC(=C)NC1=O)C2=O. The molecule has 0 aromatic heterocycles. The van der Waals surface area contributed by atoms with Crippen LogP contribution in [0.3, 0.4) is 0 Å². The number of benzene rings is 6. The van der Waals surface area contributed by atoms with E-state index in [0.717, 1.165) is 0 Å². The molecule has 6 aromatic rings. The molecule has 0 bridgehead atoms. The van der Waals surface area contributed by atoms with Crippen LogP contribution in [0.5, 0.6) is 17.2 Å². The highest BCUT2D eigenvalue weighted by atomic mass is 16.5. The van der Waals surface area contributed by atoms with E-state index in [1.54, 1.807) is 81.4 Å². The van der Waals surface area contributed by atoms with Crippen molar-refractivity contribution in [3.63, 3.8) is 0 Å². The first-order chi connectivity index (χ1) is 53.2. The summed E-state index contributed by atoms with van der Waals surface area (Å²) in [5, 5.41) is 8.17. The molecule has 5 atom stereocenters. The lowest BCUT2D eigenvalue weighted by Crippen LogP contribution is -2.49. The molecule has 0 spiro atoms. The first-order valence-electron chi connectivity index (χ1n) is 38.2. The van der Waals surface area contributed by atoms with Gasteiger partial charge in [-0.1, -0.05) is 111 Å². The molecule has 9 aliphatic heterocycles. The van der Waals surface area contributed by atoms with Crippen LogP contribution < -0.4 is 30.2 Å². The Balaban J connectivity index is 0.000000146. The molecule has 6 aromatic carbocycles. The minimum Gasteiger partial charge on any atom is -0.489 e. The molecule has 528 valence electrons. The van der Waals surface area contributed by atoms with Crippen molar-refractivity contribution < 1.29 is 83.9 Å². The molecule has 9 aliphatic rings. The maximum atomic E-state index is 13.1. The molecule has 9 amide bonds. The predicted molar refractivity (Wildman–Crippen MR) is 371 cm³/mol. The molecule has 6 saturated heterocycles. The van der Waals surface area contributed by atoms with Crippen molar-refractivity contribution in [2.45, 2.75) is 116 Å². The molecule has 6 fully saturated rings. The van der Waals surface area contributed by atoms with Crippen LogP contribution in [0.25, 0.3) is 0 Å². The fraction of sp³-hybridized carbons (Fsp3) is 0.346. The van der Waals surface area contributed by atoms with Gasteiger partial charge in [-0.2, -0.15) is 0 Å². The zero-order valence-corrected chi connectivity index (χ0v) is 56.0. The molecule has 5 unspecified atom stereocenters. The average molecular weight is 1390 g/mol. The second-order valence-corrected chi connectivity index (χ2v) is 25.5. The van der Waals surface area contributed by atoms with Gasteiger partial charge < -0.3 is 73.8 Å². The van der Waals surface area contributed by atoms with E-state index in [9.17, 15) is 43.2 Å². The fourth-order valence-electron chi connectivity index (χ4n) is 13.1. The number of carbonyl (C=O) groups is 9. The van der Waals surface area contributed by atoms with Gasteiger partial charge in [-0.25, -0.2) is 0 Å². The Morgan fingerprint density at radius 3 is 1.18 bits per heavy atom. The average Bonchev–Trinajstić information content (AvgIpc) is 1.60. The van der Waals surface area contributed by atoms with Crippen molar-refractivity contribution in [2.75, 3.05) is 59.3 Å². The van der Waals surface area contributed by atoms with Crippen molar-refractivity contribution in [1.82, 2.24) is 45.3 Å². The Bertz CT molecular complexity index is 4710. The number of ether oxygens (including phenoxy) is 6. The summed E-state index contributed by atoms with van der Waals surface area (Å²) in [6.45, 7) is 11.6. The number of amides is 9. The zero-order chi connectivity index (χ0) is 78.8. The molecule has 24 heteroatoms. The van der Waals surface area contributed by atoms with Crippen LogP contribution in [0, 0.1) is 0 Å². The third-order valence-corrected chi connectivity index (χ3v) is 18.6. The van der Waals surface area contributed by atoms with Gasteiger partial charge in [0.2, 0.25) is 35.4 Å². The summed E-state index contributed by atoms with van der Waals surface area (Å²) in [7, 11) is 0. The van der Waals surface area contributed by atoms with E-state index in [2.05, 4.69) is 35.7 Å². The number of nitrogens with one attached hydrogen (secondary N) is 3. The van der Waals surface area contributed by atoms with Crippen molar-refractivity contribution in [2.24, 2.45) is 0 Å². The molecule has 24 nitrogen and oxygen atoms in total. The number of rotatable bonds is 18. The summed E-state index contributed by atoms with van der Waals surface area (Å²) >= 11 is 0. The molecule has 15 rings (SSSR count). The first kappa shape index (κ1) is 58.8. The van der Waals surface area contributed by atoms with Crippen LogP contribution in [0.2, 0.25) is 0 Å². The second-order valence-electron chi connectivity index (χ2n) is 25.5. The van der Waals surface area contributed by atoms with Crippen LogP contribution in [0.4, 0.5) is 0 Å². The number of hydrogen-bond donors (Lipinski definition) is 3. The van der Waals surface area contributed by atoms with Gasteiger partial charge in [-0.15, -0.1) is 0 Å². The van der Waals surface area contributed by atoms with Crippen molar-refractivity contribution in [3.05, 3.63) is 231 Å². The van der Waals surface area contributed by atoms with Crippen LogP contribution in [0.1, 0.15) is 132 Å². The molecule has 0 radical (unpaired) electrons. The highest BCUT2D eigenvalue weighted by molar-refractivity contribution is 6.04. The molecule has 0 saturated carbocycles. The van der Waals surface area contributed by atoms with E-state index in [1.165, 1.54) is 32.9 Å². The quantitative estimate of drug-likeness (QED) is 0.0774. The molecular weight excluding hydrogens is 1300 g/mol. The Kier molecular flexibility index (Phi) is 18.0. The molecule has 9 heterocycles. The lowest BCUT2D eigenvalue weighted by atomic mass is 10.0. The number of piperidine rings is 3. The van der Waals surface area contributed by atoms with E-state index in [4.69, 9.17) is 40.8 Å². The van der Waals surface area contributed by atoms with Gasteiger partial charge in [-0.3, -0.25) is 43.2 Å². The van der Waals surface area contributed by atoms with E-state index >= 15 is 0 Å². The summed E-state index contributed by atoms with van der Waals surface area (Å²) in [5.74, 6) is -0.883. The lowest BCUT2D eigenvalue weighted by Gasteiger charge is -2.31. The van der Waals surface area contributed by atoms with Gasteiger partial charge in [0, 0.05) is 89.7 Å². The van der Waals surface area contributed by atoms with Gasteiger partial charge in [0.05, 0.1) is 51.8 Å². The van der Waals surface area contributed by atoms with Crippen molar-refractivity contribution >= 4 is 53.2 Å². The minimum atomic E-state index is -1.09. The van der Waals surface area contributed by atoms with Gasteiger partial charge in [-0.05, 0) is 108 Å². The van der Waals surface area contributed by atoms with Crippen molar-refractivity contribution in [1.29, 1.82) is 0 Å². The highest BCUT2D eigenvalue weighted by Gasteiger charge is 2.43. The number of hydrogen-bond acceptors (Lipinski definition) is 15. The summed E-state index contributed by atoms with van der Waals surface area (Å²) < 4.78 is 109. The third-order valence-electron chi connectivity index (χ3n) is 18.6. The summed E-state index contributed by atoms with van der Waals surface area (Å²) in [5.41, 5.74) is 7.42. The molecular formula is C78H81N9O15. The van der Waals surface area contributed by atoms with Crippen LogP contribution in [0.15, 0.2) is 164 Å². The second kappa shape index (κ2) is 31.3. The summed E-state index contributed by atoms with van der Waals surface area (Å²) in [6.07, 6.45) is 3.33. The number of carbonyl (C=O) groups excluding carboxylic acids is 9. The van der Waals surface area contributed by atoms with Crippen LogP contribution in [-0.2, 0) is 102 Å².